The maximum Gasteiger partial charge on any atom is 0.345 e. The van der Waals surface area contributed by atoms with Crippen LogP contribution in [0.1, 0.15) is 16.8 Å². The maximum atomic E-state index is 11.5. The normalized spacial score (nSPS) is 11.5. The third-order valence-corrected chi connectivity index (χ3v) is 1.89. The zero-order valence-electron chi connectivity index (χ0n) is 8.70. The molecule has 0 aliphatic rings. The van der Waals surface area contributed by atoms with Crippen LogP contribution in [0.3, 0.4) is 0 Å². The van der Waals surface area contributed by atoms with Crippen LogP contribution in [0.15, 0.2) is 30.3 Å². The van der Waals surface area contributed by atoms with Crippen LogP contribution in [0.4, 0.5) is 0 Å². The molecule has 0 heterocycles. The van der Waals surface area contributed by atoms with E-state index < -0.39 is 30.4 Å². The first-order valence-electron chi connectivity index (χ1n) is 4.71. The number of hydrogen-bond donors (Lipinski definition) is 2. The lowest BCUT2D eigenvalue weighted by atomic mass is 10.2. The van der Waals surface area contributed by atoms with Crippen molar-refractivity contribution in [3.05, 3.63) is 35.9 Å². The summed E-state index contributed by atoms with van der Waals surface area (Å²) in [5.41, 5.74) is 0.170. The second-order valence-corrected chi connectivity index (χ2v) is 3.20. The minimum absolute atomic E-state index is 0.170. The van der Waals surface area contributed by atoms with E-state index in [-0.39, 0.29) is 5.56 Å². The lowest BCUT2D eigenvalue weighted by molar-refractivity contribution is -0.153. The smallest absolute Gasteiger partial charge is 0.345 e. The first-order valence-corrected chi connectivity index (χ1v) is 4.71. The number of carbonyl (C=O) groups excluding carboxylic acids is 1. The van der Waals surface area contributed by atoms with Crippen LogP contribution in [0, 0.1) is 0 Å². The van der Waals surface area contributed by atoms with E-state index >= 15 is 0 Å². The zero-order valence-corrected chi connectivity index (χ0v) is 8.70. The van der Waals surface area contributed by atoms with Gasteiger partial charge < -0.3 is 14.9 Å². The first kappa shape index (κ1) is 12.7. The molecular weight excluding hydrogens is 228 g/mol. The van der Waals surface area contributed by atoms with E-state index in [0.717, 1.165) is 0 Å². The largest absolute Gasteiger partial charge is 0.481 e. The molecule has 2 N–H and O–H groups in total. The second kappa shape index (κ2) is 5.64. The molecule has 0 aromatic heterocycles. The summed E-state index contributed by atoms with van der Waals surface area (Å²) in [5, 5.41) is 17.1. The van der Waals surface area contributed by atoms with E-state index in [2.05, 4.69) is 4.74 Å². The van der Waals surface area contributed by atoms with Crippen LogP contribution in [-0.2, 0) is 14.3 Å². The molecule has 0 spiro atoms. The van der Waals surface area contributed by atoms with Gasteiger partial charge in [0.15, 0.2) is 0 Å². The molecule has 1 aromatic carbocycles. The molecule has 90 valence electrons. The molecular formula is C11H10O6. The second-order valence-electron chi connectivity index (χ2n) is 3.20. The van der Waals surface area contributed by atoms with Crippen LogP contribution in [0.5, 0.6) is 0 Å². The molecule has 1 aromatic rings. The minimum atomic E-state index is -1.68. The third kappa shape index (κ3) is 3.94. The summed E-state index contributed by atoms with van der Waals surface area (Å²) >= 11 is 0. The molecule has 0 aliphatic carbocycles. The van der Waals surface area contributed by atoms with Gasteiger partial charge in [0.05, 0.1) is 12.0 Å². The Morgan fingerprint density at radius 2 is 1.71 bits per heavy atom. The van der Waals surface area contributed by atoms with Crippen molar-refractivity contribution >= 4 is 17.9 Å². The van der Waals surface area contributed by atoms with Gasteiger partial charge in [-0.2, -0.15) is 0 Å². The lowest BCUT2D eigenvalue weighted by Crippen LogP contribution is -2.29. The van der Waals surface area contributed by atoms with E-state index in [9.17, 15) is 14.4 Å². The highest BCUT2D eigenvalue weighted by atomic mass is 16.6. The lowest BCUT2D eigenvalue weighted by Gasteiger charge is -2.11. The molecule has 6 heteroatoms. The molecule has 0 saturated heterocycles. The van der Waals surface area contributed by atoms with Gasteiger partial charge in [0.1, 0.15) is 0 Å². The standard InChI is InChI=1S/C11H10O6/c12-9(13)6-8(10(14)15)17-11(16)7-4-2-1-3-5-7/h1-5,8H,6H2,(H,12,13)(H,14,15)/t8-/m0/s1. The quantitative estimate of drug-likeness (QED) is 0.735. The Hall–Kier alpha value is -2.37. The van der Waals surface area contributed by atoms with E-state index in [0.29, 0.717) is 0 Å². The summed E-state index contributed by atoms with van der Waals surface area (Å²) in [4.78, 5) is 32.5. The van der Waals surface area contributed by atoms with Gasteiger partial charge in [-0.3, -0.25) is 4.79 Å². The van der Waals surface area contributed by atoms with Gasteiger partial charge in [-0.1, -0.05) is 18.2 Å². The zero-order chi connectivity index (χ0) is 12.8. The predicted molar refractivity (Wildman–Crippen MR) is 55.5 cm³/mol. The average Bonchev–Trinajstić information content (AvgIpc) is 2.28. The summed E-state index contributed by atoms with van der Waals surface area (Å²) in [7, 11) is 0. The van der Waals surface area contributed by atoms with Crippen LogP contribution in [0.25, 0.3) is 0 Å². The number of aliphatic carboxylic acids is 2. The summed E-state index contributed by atoms with van der Waals surface area (Å²) in [6, 6.07) is 7.75. The Kier molecular flexibility index (Phi) is 4.21. The van der Waals surface area contributed by atoms with Gasteiger partial charge in [-0.25, -0.2) is 9.59 Å². The molecule has 0 amide bonds. The first-order chi connectivity index (χ1) is 8.00. The highest BCUT2D eigenvalue weighted by Gasteiger charge is 2.25. The van der Waals surface area contributed by atoms with Crippen molar-refractivity contribution in [3.8, 4) is 0 Å². The van der Waals surface area contributed by atoms with Crippen LogP contribution in [-0.4, -0.2) is 34.2 Å². The Balaban J connectivity index is 2.71. The highest BCUT2D eigenvalue weighted by molar-refractivity contribution is 5.92. The van der Waals surface area contributed by atoms with Gasteiger partial charge >= 0.3 is 17.9 Å². The Morgan fingerprint density at radius 1 is 1.12 bits per heavy atom. The van der Waals surface area contributed by atoms with Gasteiger partial charge in [0.2, 0.25) is 6.10 Å². The van der Waals surface area contributed by atoms with Crippen LogP contribution < -0.4 is 0 Å². The molecule has 0 aliphatic heterocycles. The van der Waals surface area contributed by atoms with E-state index in [1.165, 1.54) is 12.1 Å². The summed E-state index contributed by atoms with van der Waals surface area (Å²) in [6.07, 6.45) is -2.45. The Bertz CT molecular complexity index is 425. The molecule has 0 radical (unpaired) electrons. The predicted octanol–water partition coefficient (Wildman–Crippen LogP) is 0.771. The van der Waals surface area contributed by atoms with Gasteiger partial charge in [0.25, 0.3) is 0 Å². The monoisotopic (exact) mass is 238 g/mol. The number of rotatable bonds is 5. The van der Waals surface area contributed by atoms with Crippen molar-refractivity contribution < 1.29 is 29.3 Å². The fourth-order valence-corrected chi connectivity index (χ4v) is 1.11. The number of ether oxygens (including phenoxy) is 1. The van der Waals surface area contributed by atoms with Crippen molar-refractivity contribution in [2.45, 2.75) is 12.5 Å². The third-order valence-electron chi connectivity index (χ3n) is 1.89. The van der Waals surface area contributed by atoms with E-state index in [4.69, 9.17) is 10.2 Å². The average molecular weight is 238 g/mol. The fourth-order valence-electron chi connectivity index (χ4n) is 1.11. The molecule has 0 saturated carbocycles. The molecule has 1 atom stereocenters. The highest BCUT2D eigenvalue weighted by Crippen LogP contribution is 2.06. The minimum Gasteiger partial charge on any atom is -0.481 e. The molecule has 1 rings (SSSR count). The number of carbonyl (C=O) groups is 3. The van der Waals surface area contributed by atoms with E-state index in [1.54, 1.807) is 18.2 Å². The number of carboxylic acids is 2. The van der Waals surface area contributed by atoms with Crippen molar-refractivity contribution in [3.63, 3.8) is 0 Å². The summed E-state index contributed by atoms with van der Waals surface area (Å²) < 4.78 is 4.59. The van der Waals surface area contributed by atoms with Crippen molar-refractivity contribution in [1.82, 2.24) is 0 Å². The SMILES string of the molecule is O=C(O)C[C@H](OC(=O)c1ccccc1)C(=O)O. The Labute approximate surface area is 96.4 Å². The van der Waals surface area contributed by atoms with Crippen molar-refractivity contribution in [2.75, 3.05) is 0 Å². The fraction of sp³-hybridized carbons (Fsp3) is 0.182. The van der Waals surface area contributed by atoms with Crippen LogP contribution >= 0.6 is 0 Å². The van der Waals surface area contributed by atoms with E-state index in [1.807, 2.05) is 0 Å². The summed E-state index contributed by atoms with van der Waals surface area (Å²) in [5.74, 6) is -3.70. The van der Waals surface area contributed by atoms with Crippen molar-refractivity contribution in [1.29, 1.82) is 0 Å². The number of hydrogen-bond acceptors (Lipinski definition) is 4. The molecule has 0 fully saturated rings. The van der Waals surface area contributed by atoms with Gasteiger partial charge in [-0.05, 0) is 12.1 Å². The van der Waals surface area contributed by atoms with Gasteiger partial charge in [0, 0.05) is 0 Å². The molecule has 0 bridgehead atoms. The topological polar surface area (TPSA) is 101 Å². The number of esters is 1. The summed E-state index contributed by atoms with van der Waals surface area (Å²) in [6.45, 7) is 0. The van der Waals surface area contributed by atoms with Crippen LogP contribution in [0.2, 0.25) is 0 Å². The molecule has 6 nitrogen and oxygen atoms in total. The number of carboxylic acid groups (broad SMARTS) is 2. The number of benzene rings is 1. The van der Waals surface area contributed by atoms with Gasteiger partial charge in [-0.15, -0.1) is 0 Å². The van der Waals surface area contributed by atoms with Crippen molar-refractivity contribution in [2.24, 2.45) is 0 Å². The maximum absolute atomic E-state index is 11.5. The Morgan fingerprint density at radius 3 is 2.18 bits per heavy atom. The molecule has 17 heavy (non-hydrogen) atoms. The molecule has 0 unspecified atom stereocenters.